The third-order valence-electron chi connectivity index (χ3n) is 4.52. The Morgan fingerprint density at radius 3 is 2.55 bits per heavy atom. The van der Waals surface area contributed by atoms with Crippen LogP contribution in [-0.4, -0.2) is 53.7 Å². The van der Waals surface area contributed by atoms with Crippen LogP contribution in [0.25, 0.3) is 10.2 Å². The van der Waals surface area contributed by atoms with Gasteiger partial charge in [0.05, 0.1) is 5.39 Å². The summed E-state index contributed by atoms with van der Waals surface area (Å²) < 4.78 is 28.7. The minimum Gasteiger partial charge on any atom is -0.435 e. The maximum Gasteiger partial charge on any atom is 0.387 e. The first-order chi connectivity index (χ1) is 14.0. The standard InChI is InChI=1S/C18H18F2N6O2S/c19-16(20)28-12-3-1-11(2-4-12)22-18(27)26-8-6-25(7-9-26)14-13-5-10-29-15(13)24-17(21)23-14/h1-5,10,16H,6-9H2,(H,22,27)(H2,21,23,24). The number of rotatable bonds is 4. The Morgan fingerprint density at radius 1 is 1.14 bits per heavy atom. The van der Waals surface area contributed by atoms with Gasteiger partial charge < -0.3 is 25.6 Å². The van der Waals surface area contributed by atoms with Crippen LogP contribution in [0.2, 0.25) is 0 Å². The first-order valence-electron chi connectivity index (χ1n) is 8.86. The topological polar surface area (TPSA) is 96.6 Å². The van der Waals surface area contributed by atoms with E-state index in [9.17, 15) is 13.6 Å². The first-order valence-corrected chi connectivity index (χ1v) is 9.74. The summed E-state index contributed by atoms with van der Waals surface area (Å²) in [6.45, 7) is -0.652. The summed E-state index contributed by atoms with van der Waals surface area (Å²) in [6.07, 6.45) is 0. The largest absolute Gasteiger partial charge is 0.435 e. The van der Waals surface area contributed by atoms with E-state index in [1.807, 2.05) is 11.4 Å². The number of urea groups is 1. The molecule has 3 aromatic rings. The van der Waals surface area contributed by atoms with Gasteiger partial charge in [-0.2, -0.15) is 13.8 Å². The molecule has 1 aliphatic heterocycles. The van der Waals surface area contributed by atoms with Gasteiger partial charge in [-0.15, -0.1) is 11.3 Å². The van der Waals surface area contributed by atoms with E-state index in [0.717, 1.165) is 16.0 Å². The highest BCUT2D eigenvalue weighted by atomic mass is 32.1. The van der Waals surface area contributed by atoms with E-state index in [-0.39, 0.29) is 17.7 Å². The van der Waals surface area contributed by atoms with E-state index in [1.165, 1.54) is 35.6 Å². The van der Waals surface area contributed by atoms with Crippen molar-refractivity contribution in [1.82, 2.24) is 14.9 Å². The second-order valence-corrected chi connectivity index (χ2v) is 7.25. The number of thiophene rings is 1. The monoisotopic (exact) mass is 420 g/mol. The predicted octanol–water partition coefficient (Wildman–Crippen LogP) is 3.23. The quantitative estimate of drug-likeness (QED) is 0.673. The lowest BCUT2D eigenvalue weighted by atomic mass is 10.2. The number of amides is 2. The Kier molecular flexibility index (Phi) is 5.30. The zero-order valence-corrected chi connectivity index (χ0v) is 16.0. The molecular formula is C18H18F2N6O2S. The molecule has 0 saturated carbocycles. The molecule has 8 nitrogen and oxygen atoms in total. The Balaban J connectivity index is 1.36. The van der Waals surface area contributed by atoms with Crippen LogP contribution in [0.4, 0.5) is 31.0 Å². The maximum atomic E-state index is 12.5. The number of piperazine rings is 1. The fraction of sp³-hybridized carbons (Fsp3) is 0.278. The third kappa shape index (κ3) is 4.29. The van der Waals surface area contributed by atoms with Crippen molar-refractivity contribution in [3.05, 3.63) is 35.7 Å². The number of alkyl halides is 2. The highest BCUT2D eigenvalue weighted by molar-refractivity contribution is 7.16. The Bertz CT molecular complexity index is 1010. The summed E-state index contributed by atoms with van der Waals surface area (Å²) in [6, 6.07) is 7.51. The van der Waals surface area contributed by atoms with E-state index in [1.54, 1.807) is 4.90 Å². The molecule has 0 aliphatic carbocycles. The SMILES string of the molecule is Nc1nc(N2CCN(C(=O)Nc3ccc(OC(F)F)cc3)CC2)c2ccsc2n1. The van der Waals surface area contributed by atoms with Gasteiger partial charge in [0, 0.05) is 31.9 Å². The predicted molar refractivity (Wildman–Crippen MR) is 108 cm³/mol. The van der Waals surface area contributed by atoms with Gasteiger partial charge in [0.1, 0.15) is 16.4 Å². The molecule has 1 aliphatic rings. The van der Waals surface area contributed by atoms with Crippen LogP contribution in [0.3, 0.4) is 0 Å². The van der Waals surface area contributed by atoms with Crippen molar-refractivity contribution >= 4 is 45.0 Å². The van der Waals surface area contributed by atoms with Crippen LogP contribution in [0.1, 0.15) is 0 Å². The first kappa shape index (κ1) is 19.1. The molecule has 0 bridgehead atoms. The Hall–Kier alpha value is -3.21. The molecule has 2 amide bonds. The number of benzene rings is 1. The molecule has 0 atom stereocenters. The van der Waals surface area contributed by atoms with Crippen LogP contribution in [-0.2, 0) is 0 Å². The molecule has 11 heteroatoms. The van der Waals surface area contributed by atoms with Crippen molar-refractivity contribution in [2.45, 2.75) is 6.61 Å². The van der Waals surface area contributed by atoms with E-state index in [0.29, 0.717) is 31.9 Å². The van der Waals surface area contributed by atoms with Crippen LogP contribution >= 0.6 is 11.3 Å². The van der Waals surface area contributed by atoms with Crippen molar-refractivity contribution in [1.29, 1.82) is 0 Å². The summed E-state index contributed by atoms with van der Waals surface area (Å²) in [4.78, 5) is 25.7. The maximum absolute atomic E-state index is 12.5. The average Bonchev–Trinajstić information content (AvgIpc) is 3.17. The van der Waals surface area contributed by atoms with E-state index in [2.05, 4.69) is 24.9 Å². The lowest BCUT2D eigenvalue weighted by Gasteiger charge is -2.35. The normalized spacial score (nSPS) is 14.4. The molecule has 0 radical (unpaired) electrons. The minimum atomic E-state index is -2.88. The zero-order chi connectivity index (χ0) is 20.4. The molecule has 0 unspecified atom stereocenters. The molecule has 1 fully saturated rings. The average molecular weight is 420 g/mol. The van der Waals surface area contributed by atoms with Crippen molar-refractivity contribution in [2.24, 2.45) is 0 Å². The van der Waals surface area contributed by atoms with E-state index >= 15 is 0 Å². The fourth-order valence-corrected chi connectivity index (χ4v) is 3.91. The number of hydrogen-bond acceptors (Lipinski definition) is 7. The van der Waals surface area contributed by atoms with Crippen molar-refractivity contribution in [2.75, 3.05) is 42.1 Å². The second kappa shape index (κ2) is 8.03. The number of hydrogen-bond donors (Lipinski definition) is 2. The lowest BCUT2D eigenvalue weighted by molar-refractivity contribution is -0.0498. The number of nitrogens with two attached hydrogens (primary N) is 1. The van der Waals surface area contributed by atoms with Crippen LogP contribution in [0, 0.1) is 0 Å². The van der Waals surface area contributed by atoms with Gasteiger partial charge in [-0.25, -0.2) is 9.78 Å². The van der Waals surface area contributed by atoms with Crippen molar-refractivity contribution in [3.63, 3.8) is 0 Å². The summed E-state index contributed by atoms with van der Waals surface area (Å²) in [5.74, 6) is 1.05. The molecule has 3 N–H and O–H groups in total. The number of nitrogens with zero attached hydrogens (tertiary/aromatic N) is 4. The highest BCUT2D eigenvalue weighted by Crippen LogP contribution is 2.29. The van der Waals surface area contributed by atoms with Gasteiger partial charge in [0.2, 0.25) is 5.95 Å². The molecule has 29 heavy (non-hydrogen) atoms. The summed E-state index contributed by atoms with van der Waals surface area (Å²) in [7, 11) is 0. The van der Waals surface area contributed by atoms with Gasteiger partial charge in [-0.3, -0.25) is 0 Å². The van der Waals surface area contributed by atoms with Gasteiger partial charge in [0.15, 0.2) is 0 Å². The smallest absolute Gasteiger partial charge is 0.387 e. The second-order valence-electron chi connectivity index (χ2n) is 6.35. The third-order valence-corrected chi connectivity index (χ3v) is 5.33. The molecule has 152 valence electrons. The lowest BCUT2D eigenvalue weighted by Crippen LogP contribution is -2.50. The van der Waals surface area contributed by atoms with Gasteiger partial charge in [-0.1, -0.05) is 0 Å². The number of nitrogens with one attached hydrogen (secondary N) is 1. The number of carbonyl (C=O) groups excluding carboxylic acids is 1. The minimum absolute atomic E-state index is 0.0375. The van der Waals surface area contributed by atoms with Gasteiger partial charge >= 0.3 is 12.6 Å². The zero-order valence-electron chi connectivity index (χ0n) is 15.2. The van der Waals surface area contributed by atoms with Crippen LogP contribution < -0.4 is 20.7 Å². The number of fused-ring (bicyclic) bond motifs is 1. The van der Waals surface area contributed by atoms with Gasteiger partial charge in [0.25, 0.3) is 0 Å². The molecule has 1 saturated heterocycles. The molecule has 1 aromatic carbocycles. The number of aromatic nitrogens is 2. The summed E-state index contributed by atoms with van der Waals surface area (Å²) in [5.41, 5.74) is 6.32. The van der Waals surface area contributed by atoms with Crippen molar-refractivity contribution in [3.8, 4) is 5.75 Å². The molecular weight excluding hydrogens is 402 g/mol. The summed E-state index contributed by atoms with van der Waals surface area (Å²) >= 11 is 1.51. The van der Waals surface area contributed by atoms with E-state index < -0.39 is 6.61 Å². The van der Waals surface area contributed by atoms with Crippen molar-refractivity contribution < 1.29 is 18.3 Å². The van der Waals surface area contributed by atoms with E-state index in [4.69, 9.17) is 5.73 Å². The number of halogens is 2. The molecule has 0 spiro atoms. The molecule has 4 rings (SSSR count). The number of carbonyl (C=O) groups is 1. The molecule has 2 aromatic heterocycles. The highest BCUT2D eigenvalue weighted by Gasteiger charge is 2.24. The Morgan fingerprint density at radius 2 is 1.86 bits per heavy atom. The van der Waals surface area contributed by atoms with Crippen LogP contribution in [0.15, 0.2) is 35.7 Å². The summed E-state index contributed by atoms with van der Waals surface area (Å²) in [5, 5.41) is 5.66. The number of nitrogen functional groups attached to an aromatic ring is 1. The Labute approximate surface area is 168 Å². The number of ether oxygens (including phenoxy) is 1. The van der Waals surface area contributed by atoms with Crippen LogP contribution in [0.5, 0.6) is 5.75 Å². The molecule has 3 heterocycles. The fourth-order valence-electron chi connectivity index (χ4n) is 3.14. The number of anilines is 3. The van der Waals surface area contributed by atoms with Gasteiger partial charge in [-0.05, 0) is 35.7 Å².